The van der Waals surface area contributed by atoms with E-state index >= 15 is 0 Å². The van der Waals surface area contributed by atoms with Crippen molar-refractivity contribution < 1.29 is 5.11 Å². The highest BCUT2D eigenvalue weighted by atomic mass is 32.2. The van der Waals surface area contributed by atoms with Gasteiger partial charge >= 0.3 is 0 Å². The number of thioether (sulfide) groups is 1. The van der Waals surface area contributed by atoms with Gasteiger partial charge in [0.15, 0.2) is 0 Å². The zero-order valence-electron chi connectivity index (χ0n) is 8.46. The van der Waals surface area contributed by atoms with Gasteiger partial charge in [-0.3, -0.25) is 0 Å². The maximum absolute atomic E-state index is 8.84. The first-order valence-corrected chi connectivity index (χ1v) is 6.31. The fraction of sp³-hybridized carbons (Fsp3) is 1.00. The quantitative estimate of drug-likeness (QED) is 0.710. The normalized spacial score (nSPS) is 21.7. The van der Waals surface area contributed by atoms with Crippen molar-refractivity contribution in [2.75, 3.05) is 25.4 Å². The Bertz CT molecular complexity index is 126. The number of aliphatic hydroxyl groups is 1. The molecule has 1 unspecified atom stereocenters. The van der Waals surface area contributed by atoms with Crippen LogP contribution in [-0.2, 0) is 0 Å². The SMILES string of the molecule is CC(CO)SCCC1CCNCC1. The van der Waals surface area contributed by atoms with Gasteiger partial charge in [0.2, 0.25) is 0 Å². The van der Waals surface area contributed by atoms with E-state index in [2.05, 4.69) is 12.2 Å². The van der Waals surface area contributed by atoms with Gasteiger partial charge in [-0.25, -0.2) is 0 Å². The summed E-state index contributed by atoms with van der Waals surface area (Å²) in [5, 5.41) is 12.6. The van der Waals surface area contributed by atoms with Crippen LogP contribution in [0.2, 0.25) is 0 Å². The van der Waals surface area contributed by atoms with Gasteiger partial charge in [0.25, 0.3) is 0 Å². The van der Waals surface area contributed by atoms with E-state index in [0.29, 0.717) is 11.9 Å². The molecule has 0 aromatic rings. The minimum Gasteiger partial charge on any atom is -0.395 e. The van der Waals surface area contributed by atoms with Crippen LogP contribution in [0, 0.1) is 5.92 Å². The standard InChI is InChI=1S/C10H21NOS/c1-9(8-12)13-7-4-10-2-5-11-6-3-10/h9-12H,2-8H2,1H3. The fourth-order valence-electron chi connectivity index (χ4n) is 1.66. The Morgan fingerprint density at radius 1 is 1.46 bits per heavy atom. The van der Waals surface area contributed by atoms with Gasteiger partial charge in [-0.2, -0.15) is 11.8 Å². The van der Waals surface area contributed by atoms with Gasteiger partial charge < -0.3 is 10.4 Å². The third-order valence-electron chi connectivity index (χ3n) is 2.64. The van der Waals surface area contributed by atoms with E-state index in [1.807, 2.05) is 11.8 Å². The lowest BCUT2D eigenvalue weighted by Gasteiger charge is -2.22. The van der Waals surface area contributed by atoms with Crippen molar-refractivity contribution >= 4 is 11.8 Å². The largest absolute Gasteiger partial charge is 0.395 e. The summed E-state index contributed by atoms with van der Waals surface area (Å²) in [6.45, 7) is 4.81. The van der Waals surface area contributed by atoms with E-state index in [0.717, 1.165) is 5.92 Å². The zero-order chi connectivity index (χ0) is 9.52. The first kappa shape index (κ1) is 11.3. The molecule has 0 amide bonds. The number of aliphatic hydroxyl groups excluding tert-OH is 1. The maximum Gasteiger partial charge on any atom is 0.0547 e. The number of hydrogen-bond donors (Lipinski definition) is 2. The molecular weight excluding hydrogens is 182 g/mol. The molecule has 1 atom stereocenters. The summed E-state index contributed by atoms with van der Waals surface area (Å²) in [4.78, 5) is 0. The van der Waals surface area contributed by atoms with Crippen LogP contribution in [-0.4, -0.2) is 35.8 Å². The summed E-state index contributed by atoms with van der Waals surface area (Å²) in [7, 11) is 0. The van der Waals surface area contributed by atoms with Crippen molar-refractivity contribution in [3.63, 3.8) is 0 Å². The lowest BCUT2D eigenvalue weighted by atomic mass is 9.96. The summed E-state index contributed by atoms with van der Waals surface area (Å²) < 4.78 is 0. The number of nitrogens with one attached hydrogen (secondary N) is 1. The van der Waals surface area contributed by atoms with Crippen molar-refractivity contribution in [1.29, 1.82) is 0 Å². The molecule has 0 aromatic carbocycles. The van der Waals surface area contributed by atoms with Crippen LogP contribution in [0.3, 0.4) is 0 Å². The Morgan fingerprint density at radius 2 is 2.15 bits per heavy atom. The van der Waals surface area contributed by atoms with E-state index in [9.17, 15) is 0 Å². The van der Waals surface area contributed by atoms with E-state index in [1.54, 1.807) is 0 Å². The molecule has 0 aromatic heterocycles. The number of rotatable bonds is 5. The molecule has 1 saturated heterocycles. The second-order valence-corrected chi connectivity index (χ2v) is 5.39. The van der Waals surface area contributed by atoms with Gasteiger partial charge in [-0.1, -0.05) is 6.92 Å². The maximum atomic E-state index is 8.84. The molecule has 0 bridgehead atoms. The highest BCUT2D eigenvalue weighted by Crippen LogP contribution is 2.20. The Morgan fingerprint density at radius 3 is 2.77 bits per heavy atom. The van der Waals surface area contributed by atoms with E-state index in [-0.39, 0.29) is 0 Å². The van der Waals surface area contributed by atoms with Crippen LogP contribution in [0.5, 0.6) is 0 Å². The minimum absolute atomic E-state index is 0.316. The molecule has 1 heterocycles. The van der Waals surface area contributed by atoms with Gasteiger partial charge in [0.05, 0.1) is 6.61 Å². The van der Waals surface area contributed by atoms with Crippen LogP contribution in [0.25, 0.3) is 0 Å². The van der Waals surface area contributed by atoms with Gasteiger partial charge in [-0.15, -0.1) is 0 Å². The third-order valence-corrected chi connectivity index (χ3v) is 3.83. The molecule has 2 nitrogen and oxygen atoms in total. The van der Waals surface area contributed by atoms with E-state index < -0.39 is 0 Å². The summed E-state index contributed by atoms with van der Waals surface area (Å²) in [5.41, 5.74) is 0. The summed E-state index contributed by atoms with van der Waals surface area (Å²) >= 11 is 1.90. The monoisotopic (exact) mass is 203 g/mol. The zero-order valence-corrected chi connectivity index (χ0v) is 9.28. The predicted octanol–water partition coefficient (Wildman–Crippen LogP) is 1.49. The molecule has 0 aliphatic carbocycles. The van der Waals surface area contributed by atoms with E-state index in [4.69, 9.17) is 5.11 Å². The van der Waals surface area contributed by atoms with Gasteiger partial charge in [-0.05, 0) is 44.0 Å². The molecular formula is C10H21NOS. The number of piperidine rings is 1. The van der Waals surface area contributed by atoms with Crippen LogP contribution < -0.4 is 5.32 Å². The van der Waals surface area contributed by atoms with Crippen molar-refractivity contribution in [3.05, 3.63) is 0 Å². The third kappa shape index (κ3) is 4.89. The molecule has 1 aliphatic rings. The average molecular weight is 203 g/mol. The van der Waals surface area contributed by atoms with E-state index in [1.165, 1.54) is 38.1 Å². The smallest absolute Gasteiger partial charge is 0.0547 e. The first-order valence-electron chi connectivity index (χ1n) is 5.26. The van der Waals surface area contributed by atoms with Crippen LogP contribution in [0.4, 0.5) is 0 Å². The Kier molecular flexibility index (Phi) is 5.83. The molecule has 0 radical (unpaired) electrons. The average Bonchev–Trinajstić information content (AvgIpc) is 2.19. The Balaban J connectivity index is 1.98. The first-order chi connectivity index (χ1) is 6.33. The summed E-state index contributed by atoms with van der Waals surface area (Å²) in [6, 6.07) is 0. The van der Waals surface area contributed by atoms with Crippen LogP contribution in [0.1, 0.15) is 26.2 Å². The van der Waals surface area contributed by atoms with Crippen LogP contribution >= 0.6 is 11.8 Å². The van der Waals surface area contributed by atoms with Crippen molar-refractivity contribution in [2.24, 2.45) is 5.92 Å². The molecule has 78 valence electrons. The highest BCUT2D eigenvalue weighted by molar-refractivity contribution is 7.99. The molecule has 0 spiro atoms. The highest BCUT2D eigenvalue weighted by Gasteiger charge is 2.12. The van der Waals surface area contributed by atoms with Crippen molar-refractivity contribution in [2.45, 2.75) is 31.4 Å². The van der Waals surface area contributed by atoms with Crippen molar-refractivity contribution in [1.82, 2.24) is 5.32 Å². The lowest BCUT2D eigenvalue weighted by molar-refractivity contribution is 0.299. The molecule has 2 N–H and O–H groups in total. The molecule has 0 saturated carbocycles. The molecule has 1 aliphatic heterocycles. The second-order valence-electron chi connectivity index (χ2n) is 3.85. The predicted molar refractivity (Wildman–Crippen MR) is 59.2 cm³/mol. The fourth-order valence-corrected chi connectivity index (χ4v) is 2.64. The molecule has 13 heavy (non-hydrogen) atoms. The lowest BCUT2D eigenvalue weighted by Crippen LogP contribution is -2.28. The Hall–Kier alpha value is 0.270. The molecule has 1 rings (SSSR count). The second kappa shape index (κ2) is 6.68. The number of hydrogen-bond acceptors (Lipinski definition) is 3. The molecule has 3 heteroatoms. The minimum atomic E-state index is 0.316. The van der Waals surface area contributed by atoms with Crippen LogP contribution in [0.15, 0.2) is 0 Å². The Labute approximate surface area is 85.5 Å². The molecule has 1 fully saturated rings. The van der Waals surface area contributed by atoms with Gasteiger partial charge in [0.1, 0.15) is 0 Å². The summed E-state index contributed by atoms with van der Waals surface area (Å²) in [6.07, 6.45) is 4.01. The van der Waals surface area contributed by atoms with Gasteiger partial charge in [0, 0.05) is 5.25 Å². The summed E-state index contributed by atoms with van der Waals surface area (Å²) in [5.74, 6) is 2.14. The topological polar surface area (TPSA) is 32.3 Å². The van der Waals surface area contributed by atoms with Crippen molar-refractivity contribution in [3.8, 4) is 0 Å².